The SMILES string of the molecule is CCCCC(CC)C(=O)OC1CCCN(c2ccccc2)C1.Cl. The van der Waals surface area contributed by atoms with E-state index in [2.05, 4.69) is 43.0 Å². The maximum atomic E-state index is 12.4. The maximum absolute atomic E-state index is 12.4. The molecule has 1 aliphatic rings. The number of ether oxygens (including phenoxy) is 1. The fourth-order valence-corrected chi connectivity index (χ4v) is 3.11. The van der Waals surface area contributed by atoms with E-state index in [9.17, 15) is 4.79 Å². The summed E-state index contributed by atoms with van der Waals surface area (Å²) in [5, 5.41) is 0. The van der Waals surface area contributed by atoms with Crippen molar-refractivity contribution in [1.29, 1.82) is 0 Å². The summed E-state index contributed by atoms with van der Waals surface area (Å²) in [4.78, 5) is 14.7. The summed E-state index contributed by atoms with van der Waals surface area (Å²) in [6, 6.07) is 10.4. The number of esters is 1. The Bertz CT molecular complexity index is 452. The van der Waals surface area contributed by atoms with E-state index in [1.165, 1.54) is 5.69 Å². The van der Waals surface area contributed by atoms with Gasteiger partial charge in [-0.3, -0.25) is 4.79 Å². The number of para-hydroxylation sites is 1. The Labute approximate surface area is 146 Å². The van der Waals surface area contributed by atoms with Crippen molar-refractivity contribution in [2.24, 2.45) is 5.92 Å². The predicted molar refractivity (Wildman–Crippen MR) is 98.3 cm³/mol. The zero-order valence-corrected chi connectivity index (χ0v) is 15.2. The molecule has 0 spiro atoms. The fourth-order valence-electron chi connectivity index (χ4n) is 3.11. The van der Waals surface area contributed by atoms with Crippen molar-refractivity contribution in [2.75, 3.05) is 18.0 Å². The predicted octanol–water partition coefficient (Wildman–Crippen LogP) is 4.84. The van der Waals surface area contributed by atoms with Crippen molar-refractivity contribution < 1.29 is 9.53 Å². The Hall–Kier alpha value is -1.22. The molecule has 0 N–H and O–H groups in total. The maximum Gasteiger partial charge on any atom is 0.309 e. The number of halogens is 1. The van der Waals surface area contributed by atoms with Crippen molar-refractivity contribution in [3.8, 4) is 0 Å². The zero-order valence-electron chi connectivity index (χ0n) is 14.4. The van der Waals surface area contributed by atoms with Gasteiger partial charge in [0, 0.05) is 12.2 Å². The number of nitrogens with zero attached hydrogens (tertiary/aromatic N) is 1. The summed E-state index contributed by atoms with van der Waals surface area (Å²) >= 11 is 0. The lowest BCUT2D eigenvalue weighted by Gasteiger charge is -2.34. The number of benzene rings is 1. The molecule has 0 saturated carbocycles. The van der Waals surface area contributed by atoms with E-state index >= 15 is 0 Å². The highest BCUT2D eigenvalue weighted by molar-refractivity contribution is 5.85. The molecule has 2 unspecified atom stereocenters. The van der Waals surface area contributed by atoms with Gasteiger partial charge in [0.1, 0.15) is 6.10 Å². The van der Waals surface area contributed by atoms with Crippen LogP contribution in [-0.2, 0) is 9.53 Å². The average Bonchev–Trinajstić information content (AvgIpc) is 2.56. The molecule has 0 radical (unpaired) electrons. The highest BCUT2D eigenvalue weighted by Gasteiger charge is 2.26. The largest absolute Gasteiger partial charge is 0.460 e. The van der Waals surface area contributed by atoms with Crippen molar-refractivity contribution >= 4 is 24.1 Å². The van der Waals surface area contributed by atoms with Gasteiger partial charge >= 0.3 is 5.97 Å². The van der Waals surface area contributed by atoms with Crippen LogP contribution >= 0.6 is 12.4 Å². The monoisotopic (exact) mass is 339 g/mol. The minimum absolute atomic E-state index is 0. The van der Waals surface area contributed by atoms with Gasteiger partial charge in [-0.2, -0.15) is 0 Å². The second-order valence-corrected chi connectivity index (χ2v) is 6.23. The lowest BCUT2D eigenvalue weighted by molar-refractivity contribution is -0.154. The third-order valence-electron chi connectivity index (χ3n) is 4.51. The summed E-state index contributed by atoms with van der Waals surface area (Å²) in [7, 11) is 0. The van der Waals surface area contributed by atoms with Gasteiger partial charge in [-0.1, -0.05) is 44.9 Å². The second kappa shape index (κ2) is 10.5. The van der Waals surface area contributed by atoms with E-state index in [0.717, 1.165) is 51.6 Å². The Balaban J connectivity index is 0.00000264. The summed E-state index contributed by atoms with van der Waals surface area (Å²) in [6.45, 7) is 6.11. The molecule has 1 fully saturated rings. The Kier molecular flexibility index (Phi) is 9.08. The van der Waals surface area contributed by atoms with E-state index in [1.807, 2.05) is 6.07 Å². The van der Waals surface area contributed by atoms with Gasteiger partial charge in [0.05, 0.1) is 12.5 Å². The molecule has 2 atom stereocenters. The van der Waals surface area contributed by atoms with Crippen molar-refractivity contribution in [3.63, 3.8) is 0 Å². The van der Waals surface area contributed by atoms with Crippen LogP contribution in [0.3, 0.4) is 0 Å². The van der Waals surface area contributed by atoms with Crippen LogP contribution < -0.4 is 4.90 Å². The number of anilines is 1. The molecule has 4 heteroatoms. The van der Waals surface area contributed by atoms with Gasteiger partial charge in [-0.05, 0) is 37.8 Å². The molecule has 0 amide bonds. The molecule has 0 bridgehead atoms. The van der Waals surface area contributed by atoms with E-state index in [1.54, 1.807) is 0 Å². The van der Waals surface area contributed by atoms with Crippen molar-refractivity contribution in [3.05, 3.63) is 30.3 Å². The van der Waals surface area contributed by atoms with Crippen LogP contribution in [-0.4, -0.2) is 25.2 Å². The summed E-state index contributed by atoms with van der Waals surface area (Å²) in [6.07, 6.45) is 6.19. The normalized spacial score (nSPS) is 18.9. The van der Waals surface area contributed by atoms with Crippen LogP contribution in [0.2, 0.25) is 0 Å². The van der Waals surface area contributed by atoms with Crippen LogP contribution in [0.4, 0.5) is 5.69 Å². The average molecular weight is 340 g/mol. The molecular weight excluding hydrogens is 310 g/mol. The highest BCUT2D eigenvalue weighted by atomic mass is 35.5. The first-order chi connectivity index (χ1) is 10.7. The second-order valence-electron chi connectivity index (χ2n) is 6.23. The van der Waals surface area contributed by atoms with Crippen molar-refractivity contribution in [1.82, 2.24) is 0 Å². The molecule has 1 aliphatic heterocycles. The Morgan fingerprint density at radius 2 is 2.04 bits per heavy atom. The molecule has 0 aromatic heterocycles. The highest BCUT2D eigenvalue weighted by Crippen LogP contribution is 2.23. The van der Waals surface area contributed by atoms with Crippen LogP contribution in [0.25, 0.3) is 0 Å². The molecule has 0 aliphatic carbocycles. The number of hydrogen-bond donors (Lipinski definition) is 0. The Morgan fingerprint density at radius 3 is 2.70 bits per heavy atom. The van der Waals surface area contributed by atoms with Gasteiger partial charge in [-0.15, -0.1) is 12.4 Å². The van der Waals surface area contributed by atoms with Crippen molar-refractivity contribution in [2.45, 2.75) is 58.5 Å². The Morgan fingerprint density at radius 1 is 1.30 bits per heavy atom. The third-order valence-corrected chi connectivity index (χ3v) is 4.51. The molecule has 1 aromatic rings. The first kappa shape index (κ1) is 19.8. The quantitative estimate of drug-likeness (QED) is 0.666. The number of carbonyl (C=O) groups is 1. The third kappa shape index (κ3) is 6.06. The molecule has 130 valence electrons. The number of carbonyl (C=O) groups excluding carboxylic acids is 1. The topological polar surface area (TPSA) is 29.5 Å². The lowest BCUT2D eigenvalue weighted by atomic mass is 9.99. The minimum atomic E-state index is 0. The number of hydrogen-bond acceptors (Lipinski definition) is 3. The van der Waals surface area contributed by atoms with Gasteiger partial charge in [-0.25, -0.2) is 0 Å². The van der Waals surface area contributed by atoms with Crippen LogP contribution in [0.1, 0.15) is 52.4 Å². The number of rotatable bonds is 7. The van der Waals surface area contributed by atoms with E-state index < -0.39 is 0 Å². The molecule has 3 nitrogen and oxygen atoms in total. The van der Waals surface area contributed by atoms with E-state index in [4.69, 9.17) is 4.74 Å². The van der Waals surface area contributed by atoms with Crippen LogP contribution in [0, 0.1) is 5.92 Å². The first-order valence-corrected chi connectivity index (χ1v) is 8.75. The standard InChI is InChI=1S/C19H29NO2.ClH/c1-3-5-10-16(4-2)19(21)22-18-13-9-14-20(15-18)17-11-7-6-8-12-17;/h6-8,11-12,16,18H,3-5,9-10,13-15H2,1-2H3;1H. The molecule has 1 heterocycles. The van der Waals surface area contributed by atoms with Gasteiger partial charge < -0.3 is 9.64 Å². The number of piperidine rings is 1. The van der Waals surface area contributed by atoms with Crippen LogP contribution in [0.5, 0.6) is 0 Å². The summed E-state index contributed by atoms with van der Waals surface area (Å²) < 4.78 is 5.81. The van der Waals surface area contributed by atoms with Crippen LogP contribution in [0.15, 0.2) is 30.3 Å². The van der Waals surface area contributed by atoms with E-state index in [0.29, 0.717) is 0 Å². The number of unbranched alkanes of at least 4 members (excludes halogenated alkanes) is 1. The van der Waals surface area contributed by atoms with Gasteiger partial charge in [0.25, 0.3) is 0 Å². The fraction of sp³-hybridized carbons (Fsp3) is 0.632. The molecule has 1 saturated heterocycles. The summed E-state index contributed by atoms with van der Waals surface area (Å²) in [5.41, 5.74) is 1.22. The van der Waals surface area contributed by atoms with Gasteiger partial charge in [0.2, 0.25) is 0 Å². The first-order valence-electron chi connectivity index (χ1n) is 8.75. The molecular formula is C19H30ClNO2. The zero-order chi connectivity index (χ0) is 15.8. The smallest absolute Gasteiger partial charge is 0.309 e. The molecule has 23 heavy (non-hydrogen) atoms. The molecule has 2 rings (SSSR count). The van der Waals surface area contributed by atoms with Gasteiger partial charge in [0.15, 0.2) is 0 Å². The summed E-state index contributed by atoms with van der Waals surface area (Å²) in [5.74, 6) is 0.0860. The van der Waals surface area contributed by atoms with E-state index in [-0.39, 0.29) is 30.4 Å². The minimum Gasteiger partial charge on any atom is -0.460 e. The molecule has 1 aromatic carbocycles. The lowest BCUT2D eigenvalue weighted by Crippen LogP contribution is -2.41.